The van der Waals surface area contributed by atoms with Gasteiger partial charge in [-0.25, -0.2) is 0 Å². The van der Waals surface area contributed by atoms with Crippen LogP contribution in [0.25, 0.3) is 0 Å². The molecule has 1 aromatic carbocycles. The SMILES string of the molecule is C#CC[C@@H]1C[C@@H]2O[C@H]1[C@@H](/C(=C/C=N\CC)C(C)C)[C@@H]2C(=O)Nc1cccc(C(F)(F)F)c1. The third-order valence-corrected chi connectivity index (χ3v) is 6.22. The summed E-state index contributed by atoms with van der Waals surface area (Å²) in [5.74, 6) is 1.95. The predicted molar refractivity (Wildman–Crippen MR) is 119 cm³/mol. The van der Waals surface area contributed by atoms with E-state index in [1.54, 1.807) is 6.21 Å². The largest absolute Gasteiger partial charge is 0.416 e. The second-order valence-corrected chi connectivity index (χ2v) is 8.63. The standard InChI is InChI=1S/C25H29F3N2O2/c1-5-8-16-13-20-22(21(23(16)32-20)19(15(3)4)11-12-29-6-2)24(31)30-18-10-7-9-17(14-18)25(26,27)28/h1,7,9-12,14-16,20-23H,6,8,13H2,2-4H3,(H,30,31)/b19-11+,29-12-/t16-,20+,21+,22-,23-/m1/s1. The van der Waals surface area contributed by atoms with Gasteiger partial charge in [-0.15, -0.1) is 12.3 Å². The number of hydrogen-bond acceptors (Lipinski definition) is 3. The summed E-state index contributed by atoms with van der Waals surface area (Å²) in [4.78, 5) is 17.6. The fraction of sp³-hybridized carbons (Fsp3) is 0.520. The molecule has 2 aliphatic rings. The van der Waals surface area contributed by atoms with Crippen molar-refractivity contribution in [2.75, 3.05) is 11.9 Å². The number of alkyl halides is 3. The number of anilines is 1. The molecular weight excluding hydrogens is 417 g/mol. The third kappa shape index (κ3) is 5.07. The zero-order valence-corrected chi connectivity index (χ0v) is 18.5. The molecule has 1 aromatic rings. The van der Waals surface area contributed by atoms with Gasteiger partial charge in [0.15, 0.2) is 0 Å². The lowest BCUT2D eigenvalue weighted by Gasteiger charge is -2.34. The second-order valence-electron chi connectivity index (χ2n) is 8.63. The first-order valence-corrected chi connectivity index (χ1v) is 10.9. The van der Waals surface area contributed by atoms with E-state index in [0.29, 0.717) is 19.4 Å². The Kier molecular flexibility index (Phi) is 7.45. The number of aliphatic imine (C=N–C) groups is 1. The highest BCUT2D eigenvalue weighted by molar-refractivity contribution is 5.94. The fourth-order valence-electron chi connectivity index (χ4n) is 4.86. The molecule has 0 unspecified atom stereocenters. The molecular formula is C25H29F3N2O2. The van der Waals surface area contributed by atoms with E-state index >= 15 is 0 Å². The van der Waals surface area contributed by atoms with Crippen molar-refractivity contribution in [3.8, 4) is 12.3 Å². The Balaban J connectivity index is 1.91. The van der Waals surface area contributed by atoms with E-state index in [4.69, 9.17) is 11.2 Å². The lowest BCUT2D eigenvalue weighted by Crippen LogP contribution is -2.42. The van der Waals surface area contributed by atoms with Crippen LogP contribution in [0.1, 0.15) is 39.2 Å². The highest BCUT2D eigenvalue weighted by Crippen LogP contribution is 2.52. The molecule has 2 fully saturated rings. The molecule has 1 amide bonds. The number of amides is 1. The molecule has 0 aromatic heterocycles. The molecule has 2 bridgehead atoms. The van der Waals surface area contributed by atoms with E-state index in [-0.39, 0.29) is 41.6 Å². The maximum Gasteiger partial charge on any atom is 0.416 e. The van der Waals surface area contributed by atoms with Crippen LogP contribution >= 0.6 is 0 Å². The van der Waals surface area contributed by atoms with Gasteiger partial charge in [-0.3, -0.25) is 9.79 Å². The Labute approximate surface area is 187 Å². The van der Waals surface area contributed by atoms with Crippen molar-refractivity contribution in [3.05, 3.63) is 41.5 Å². The van der Waals surface area contributed by atoms with Gasteiger partial charge in [0.25, 0.3) is 0 Å². The normalized spacial score (nSPS) is 27.8. The lowest BCUT2D eigenvalue weighted by atomic mass is 9.67. The summed E-state index contributed by atoms with van der Waals surface area (Å²) in [5, 5.41) is 2.70. The molecule has 172 valence electrons. The van der Waals surface area contributed by atoms with Crippen LogP contribution in [0, 0.1) is 36.0 Å². The summed E-state index contributed by atoms with van der Waals surface area (Å²) in [7, 11) is 0. The van der Waals surface area contributed by atoms with Crippen molar-refractivity contribution in [3.63, 3.8) is 0 Å². The Bertz CT molecular complexity index is 930. The summed E-state index contributed by atoms with van der Waals surface area (Å²) in [6.45, 7) is 6.69. The third-order valence-electron chi connectivity index (χ3n) is 6.22. The van der Waals surface area contributed by atoms with Crippen LogP contribution in [-0.4, -0.2) is 30.9 Å². The summed E-state index contributed by atoms with van der Waals surface area (Å²) in [5.41, 5.74) is 0.360. The smallest absolute Gasteiger partial charge is 0.373 e. The number of fused-ring (bicyclic) bond motifs is 2. The topological polar surface area (TPSA) is 50.7 Å². The fourth-order valence-corrected chi connectivity index (χ4v) is 4.86. The molecule has 2 heterocycles. The molecule has 0 saturated carbocycles. The van der Waals surface area contributed by atoms with E-state index in [1.165, 1.54) is 12.1 Å². The molecule has 2 aliphatic heterocycles. The summed E-state index contributed by atoms with van der Waals surface area (Å²) < 4.78 is 45.5. The molecule has 0 aliphatic carbocycles. The first-order chi connectivity index (χ1) is 15.2. The molecule has 0 spiro atoms. The molecule has 0 radical (unpaired) electrons. The minimum absolute atomic E-state index is 0.120. The quantitative estimate of drug-likeness (QED) is 0.453. The molecule has 4 nitrogen and oxygen atoms in total. The number of hydrogen-bond donors (Lipinski definition) is 1. The van der Waals surface area contributed by atoms with Crippen molar-refractivity contribution in [1.29, 1.82) is 0 Å². The average Bonchev–Trinajstić information content (AvgIpc) is 3.29. The number of benzene rings is 1. The zero-order valence-electron chi connectivity index (χ0n) is 18.5. The van der Waals surface area contributed by atoms with Gasteiger partial charge in [-0.2, -0.15) is 13.2 Å². The molecule has 1 N–H and O–H groups in total. The van der Waals surface area contributed by atoms with Crippen LogP contribution in [0.2, 0.25) is 0 Å². The Morgan fingerprint density at radius 2 is 2.12 bits per heavy atom. The van der Waals surface area contributed by atoms with Gasteiger partial charge < -0.3 is 10.1 Å². The van der Waals surface area contributed by atoms with Gasteiger partial charge >= 0.3 is 6.18 Å². The van der Waals surface area contributed by atoms with Crippen molar-refractivity contribution in [2.24, 2.45) is 28.7 Å². The number of carbonyl (C=O) groups is 1. The molecule has 3 rings (SSSR count). The minimum atomic E-state index is -4.48. The predicted octanol–water partition coefficient (Wildman–Crippen LogP) is 5.36. The summed E-state index contributed by atoms with van der Waals surface area (Å²) in [6.07, 6.45) is 5.48. The van der Waals surface area contributed by atoms with Gasteiger partial charge in [0.2, 0.25) is 5.91 Å². The second kappa shape index (κ2) is 9.91. The minimum Gasteiger partial charge on any atom is -0.373 e. The molecule has 5 atom stereocenters. The van der Waals surface area contributed by atoms with Crippen LogP contribution in [0.3, 0.4) is 0 Å². The van der Waals surface area contributed by atoms with Gasteiger partial charge in [0.1, 0.15) is 0 Å². The zero-order chi connectivity index (χ0) is 23.5. The van der Waals surface area contributed by atoms with E-state index < -0.39 is 17.7 Å². The molecule has 2 saturated heterocycles. The van der Waals surface area contributed by atoms with E-state index in [0.717, 1.165) is 17.7 Å². The number of carbonyl (C=O) groups excluding carboxylic acids is 1. The van der Waals surface area contributed by atoms with Crippen LogP contribution in [0.4, 0.5) is 18.9 Å². The Morgan fingerprint density at radius 3 is 2.75 bits per heavy atom. The maximum absolute atomic E-state index is 13.3. The van der Waals surface area contributed by atoms with Crippen LogP contribution in [0.5, 0.6) is 0 Å². The van der Waals surface area contributed by atoms with Crippen LogP contribution in [0.15, 0.2) is 40.9 Å². The average molecular weight is 447 g/mol. The maximum atomic E-state index is 13.3. The van der Waals surface area contributed by atoms with Crippen molar-refractivity contribution in [1.82, 2.24) is 0 Å². The van der Waals surface area contributed by atoms with Gasteiger partial charge in [-0.05, 0) is 49.5 Å². The first-order valence-electron chi connectivity index (χ1n) is 10.9. The number of halogens is 3. The van der Waals surface area contributed by atoms with Crippen LogP contribution in [-0.2, 0) is 15.7 Å². The number of terminal acetylenes is 1. The Hall–Kier alpha value is -2.59. The van der Waals surface area contributed by atoms with Crippen molar-refractivity contribution in [2.45, 2.75) is 52.0 Å². The van der Waals surface area contributed by atoms with Crippen molar-refractivity contribution < 1.29 is 22.7 Å². The summed E-state index contributed by atoms with van der Waals surface area (Å²) in [6, 6.07) is 4.69. The number of allylic oxidation sites excluding steroid dienone is 1. The number of ether oxygens (including phenoxy) is 1. The van der Waals surface area contributed by atoms with Crippen LogP contribution < -0.4 is 5.32 Å². The van der Waals surface area contributed by atoms with Gasteiger partial charge in [0, 0.05) is 30.8 Å². The van der Waals surface area contributed by atoms with E-state index in [1.807, 2.05) is 13.0 Å². The monoisotopic (exact) mass is 446 g/mol. The number of rotatable bonds is 7. The number of nitrogens with one attached hydrogen (secondary N) is 1. The van der Waals surface area contributed by atoms with Crippen molar-refractivity contribution >= 4 is 17.8 Å². The summed E-state index contributed by atoms with van der Waals surface area (Å²) >= 11 is 0. The van der Waals surface area contributed by atoms with Gasteiger partial charge in [0.05, 0.1) is 23.7 Å². The van der Waals surface area contributed by atoms with E-state index in [2.05, 4.69) is 30.1 Å². The van der Waals surface area contributed by atoms with Gasteiger partial charge in [-0.1, -0.05) is 25.5 Å². The highest BCUT2D eigenvalue weighted by Gasteiger charge is 2.57. The highest BCUT2D eigenvalue weighted by atomic mass is 19.4. The number of nitrogens with zero attached hydrogens (tertiary/aromatic N) is 1. The molecule has 7 heteroatoms. The first kappa shape index (κ1) is 24.1. The molecule has 32 heavy (non-hydrogen) atoms. The lowest BCUT2D eigenvalue weighted by molar-refractivity contribution is -0.137. The van der Waals surface area contributed by atoms with E-state index in [9.17, 15) is 18.0 Å². The Morgan fingerprint density at radius 1 is 1.38 bits per heavy atom.